The van der Waals surface area contributed by atoms with Crippen LogP contribution >= 0.6 is 0 Å². The van der Waals surface area contributed by atoms with Gasteiger partial charge >= 0.3 is 0 Å². The summed E-state index contributed by atoms with van der Waals surface area (Å²) in [6.45, 7) is 0.817. The largest absolute Gasteiger partial charge is 0.388 e. The van der Waals surface area contributed by atoms with E-state index in [1.807, 2.05) is 6.07 Å². The Balaban J connectivity index is 3.08. The van der Waals surface area contributed by atoms with E-state index in [1.165, 1.54) is 0 Å². The Hall–Kier alpha value is -1.12. The summed E-state index contributed by atoms with van der Waals surface area (Å²) < 4.78 is 25.1. The zero-order valence-corrected chi connectivity index (χ0v) is 7.77. The minimum Gasteiger partial charge on any atom is -0.388 e. The molecule has 0 aromatic heterocycles. The van der Waals surface area contributed by atoms with Gasteiger partial charge in [0.2, 0.25) is 0 Å². The topological polar surface area (TPSA) is 12.0 Å². The highest BCUT2D eigenvalue weighted by molar-refractivity contribution is 5.54. The van der Waals surface area contributed by atoms with Gasteiger partial charge in [0, 0.05) is 12.7 Å². The predicted molar refractivity (Wildman–Crippen MR) is 50.5 cm³/mol. The monoisotopic (exact) mass is 185 g/mol. The van der Waals surface area contributed by atoms with Crippen LogP contribution in [0.4, 0.5) is 14.5 Å². The van der Waals surface area contributed by atoms with Crippen LogP contribution in [0.1, 0.15) is 17.3 Å². The molecule has 0 fully saturated rings. The predicted octanol–water partition coefficient (Wildman–Crippen LogP) is 3.02. The first-order valence-electron chi connectivity index (χ1n) is 4.18. The molecule has 0 bridgehead atoms. The minimum atomic E-state index is -1.51. The van der Waals surface area contributed by atoms with Gasteiger partial charge in [-0.1, -0.05) is 12.1 Å². The van der Waals surface area contributed by atoms with Crippen molar-refractivity contribution in [2.45, 2.75) is 13.1 Å². The summed E-state index contributed by atoms with van der Waals surface area (Å²) in [5.74, 6) is 0. The number of nitrogens with one attached hydrogen (secondary N) is 1. The number of anilines is 1. The molecule has 1 aromatic carbocycles. The summed E-state index contributed by atoms with van der Waals surface area (Å²) in [4.78, 5) is 0. The van der Waals surface area contributed by atoms with Crippen molar-refractivity contribution < 1.29 is 8.78 Å². The Morgan fingerprint density at radius 3 is 2.69 bits per heavy atom. The number of rotatable bonds is 3. The first-order valence-corrected chi connectivity index (χ1v) is 4.18. The maximum atomic E-state index is 13.0. The van der Waals surface area contributed by atoms with E-state index in [2.05, 4.69) is 5.32 Å². The number of hydrogen-bond acceptors (Lipinski definition) is 1. The van der Waals surface area contributed by atoms with Crippen molar-refractivity contribution in [1.29, 1.82) is 0 Å². The summed E-state index contributed by atoms with van der Waals surface area (Å²) in [6.07, 6.45) is -1.51. The quantitative estimate of drug-likeness (QED) is 0.763. The van der Waals surface area contributed by atoms with Crippen LogP contribution in [0.5, 0.6) is 0 Å². The molecule has 72 valence electrons. The van der Waals surface area contributed by atoms with Gasteiger partial charge in [0.1, 0.15) is 6.67 Å². The molecule has 0 saturated carbocycles. The Morgan fingerprint density at radius 2 is 2.15 bits per heavy atom. The first-order chi connectivity index (χ1) is 6.20. The molecule has 0 heterocycles. The van der Waals surface area contributed by atoms with Crippen molar-refractivity contribution in [1.82, 2.24) is 0 Å². The van der Waals surface area contributed by atoms with E-state index in [9.17, 15) is 8.78 Å². The fourth-order valence-electron chi connectivity index (χ4n) is 1.35. The lowest BCUT2D eigenvalue weighted by atomic mass is 10.0. The number of hydrogen-bond donors (Lipinski definition) is 1. The van der Waals surface area contributed by atoms with E-state index in [4.69, 9.17) is 0 Å². The lowest BCUT2D eigenvalue weighted by molar-refractivity contribution is 0.265. The van der Waals surface area contributed by atoms with Gasteiger partial charge in [-0.25, -0.2) is 8.78 Å². The van der Waals surface area contributed by atoms with Crippen LogP contribution in [-0.4, -0.2) is 13.7 Å². The van der Waals surface area contributed by atoms with Gasteiger partial charge in [-0.15, -0.1) is 0 Å². The molecule has 0 amide bonds. The van der Waals surface area contributed by atoms with Crippen LogP contribution in [0.3, 0.4) is 0 Å². The van der Waals surface area contributed by atoms with Crippen molar-refractivity contribution in [3.8, 4) is 0 Å². The van der Waals surface area contributed by atoms with Crippen molar-refractivity contribution in [3.05, 3.63) is 29.3 Å². The summed E-state index contributed by atoms with van der Waals surface area (Å²) in [7, 11) is 1.76. The number of alkyl halides is 2. The molecule has 1 unspecified atom stereocenters. The lowest BCUT2D eigenvalue weighted by Crippen LogP contribution is -2.00. The Bertz CT molecular complexity index is 286. The Labute approximate surface area is 76.8 Å². The Morgan fingerprint density at radius 1 is 1.46 bits per heavy atom. The second-order valence-corrected chi connectivity index (χ2v) is 2.89. The zero-order chi connectivity index (χ0) is 9.84. The molecule has 3 heteroatoms. The molecule has 1 aromatic rings. The average molecular weight is 185 g/mol. The molecule has 0 aliphatic carbocycles. The highest BCUT2D eigenvalue weighted by Gasteiger charge is 2.13. The zero-order valence-electron chi connectivity index (χ0n) is 7.77. The van der Waals surface area contributed by atoms with Gasteiger partial charge < -0.3 is 5.32 Å². The molecule has 1 nitrogen and oxygen atoms in total. The minimum absolute atomic E-state index is 0.425. The molecule has 13 heavy (non-hydrogen) atoms. The van der Waals surface area contributed by atoms with Crippen molar-refractivity contribution in [2.75, 3.05) is 19.0 Å². The second kappa shape index (κ2) is 4.21. The van der Waals surface area contributed by atoms with E-state index in [0.717, 1.165) is 11.3 Å². The van der Waals surface area contributed by atoms with Crippen LogP contribution < -0.4 is 5.32 Å². The maximum Gasteiger partial charge on any atom is 0.154 e. The maximum absolute atomic E-state index is 13.0. The van der Waals surface area contributed by atoms with Gasteiger partial charge in [0.25, 0.3) is 0 Å². The van der Waals surface area contributed by atoms with Gasteiger partial charge in [0.15, 0.2) is 6.17 Å². The second-order valence-electron chi connectivity index (χ2n) is 2.89. The van der Waals surface area contributed by atoms with Crippen LogP contribution in [0.2, 0.25) is 0 Å². The molecular formula is C10H13F2N. The lowest BCUT2D eigenvalue weighted by Gasteiger charge is -2.11. The van der Waals surface area contributed by atoms with Crippen LogP contribution in [0.25, 0.3) is 0 Å². The van der Waals surface area contributed by atoms with Gasteiger partial charge in [0.05, 0.1) is 0 Å². The number of benzene rings is 1. The normalized spacial score (nSPS) is 12.6. The summed E-state index contributed by atoms with van der Waals surface area (Å²) in [5, 5.41) is 2.93. The van der Waals surface area contributed by atoms with E-state index >= 15 is 0 Å². The third kappa shape index (κ3) is 1.97. The summed E-state index contributed by atoms with van der Waals surface area (Å²) in [5.41, 5.74) is 2.04. The van der Waals surface area contributed by atoms with Crippen molar-refractivity contribution in [3.63, 3.8) is 0 Å². The van der Waals surface area contributed by atoms with Crippen molar-refractivity contribution in [2.24, 2.45) is 0 Å². The van der Waals surface area contributed by atoms with Crippen LogP contribution in [0, 0.1) is 6.92 Å². The fourth-order valence-corrected chi connectivity index (χ4v) is 1.35. The van der Waals surface area contributed by atoms with E-state index in [0.29, 0.717) is 5.56 Å². The average Bonchev–Trinajstić information content (AvgIpc) is 2.17. The first kappa shape index (κ1) is 9.96. The molecule has 1 atom stereocenters. The van der Waals surface area contributed by atoms with Crippen molar-refractivity contribution >= 4 is 5.69 Å². The molecule has 0 spiro atoms. The third-order valence-corrected chi connectivity index (χ3v) is 2.12. The standard InChI is InChI=1S/C10H13F2N/c1-7-8(9(12)6-11)4-3-5-10(7)13-2/h3-5,9,13H,6H2,1-2H3. The van der Waals surface area contributed by atoms with Crippen LogP contribution in [0.15, 0.2) is 18.2 Å². The van der Waals surface area contributed by atoms with E-state index < -0.39 is 12.8 Å². The molecule has 0 aliphatic heterocycles. The summed E-state index contributed by atoms with van der Waals surface area (Å²) in [6, 6.07) is 5.17. The summed E-state index contributed by atoms with van der Waals surface area (Å²) >= 11 is 0. The SMILES string of the molecule is CNc1cccc(C(F)CF)c1C. The molecule has 1 N–H and O–H groups in total. The van der Waals surface area contributed by atoms with E-state index in [1.54, 1.807) is 26.1 Å². The molecule has 0 saturated heterocycles. The van der Waals surface area contributed by atoms with Gasteiger partial charge in [-0.2, -0.15) is 0 Å². The van der Waals surface area contributed by atoms with Gasteiger partial charge in [-0.05, 0) is 24.1 Å². The van der Waals surface area contributed by atoms with Crippen LogP contribution in [-0.2, 0) is 0 Å². The molecule has 0 radical (unpaired) electrons. The molecular weight excluding hydrogens is 172 g/mol. The van der Waals surface area contributed by atoms with Gasteiger partial charge in [-0.3, -0.25) is 0 Å². The number of halogens is 2. The Kier molecular flexibility index (Phi) is 3.23. The smallest absolute Gasteiger partial charge is 0.154 e. The molecule has 1 rings (SSSR count). The fraction of sp³-hybridized carbons (Fsp3) is 0.400. The highest BCUT2D eigenvalue weighted by Crippen LogP contribution is 2.26. The third-order valence-electron chi connectivity index (χ3n) is 2.12. The highest BCUT2D eigenvalue weighted by atomic mass is 19.2. The molecule has 0 aliphatic rings. The van der Waals surface area contributed by atoms with E-state index in [-0.39, 0.29) is 0 Å².